The van der Waals surface area contributed by atoms with Gasteiger partial charge in [-0.3, -0.25) is 0 Å². The zero-order valence-electron chi connectivity index (χ0n) is 11.1. The van der Waals surface area contributed by atoms with Crippen molar-refractivity contribution in [1.82, 2.24) is 5.32 Å². The summed E-state index contributed by atoms with van der Waals surface area (Å²) in [6.45, 7) is 5.74. The summed E-state index contributed by atoms with van der Waals surface area (Å²) in [4.78, 5) is 0. The van der Waals surface area contributed by atoms with Crippen LogP contribution in [0.2, 0.25) is 0 Å². The van der Waals surface area contributed by atoms with E-state index >= 15 is 0 Å². The lowest BCUT2D eigenvalue weighted by atomic mass is 9.99. The van der Waals surface area contributed by atoms with Crippen molar-refractivity contribution >= 4 is 11.8 Å². The fourth-order valence-corrected chi connectivity index (χ4v) is 3.57. The molecule has 0 heterocycles. The van der Waals surface area contributed by atoms with Crippen LogP contribution in [0, 0.1) is 5.92 Å². The molecule has 0 aromatic heterocycles. The fourth-order valence-electron chi connectivity index (χ4n) is 2.58. The molecule has 16 heavy (non-hydrogen) atoms. The van der Waals surface area contributed by atoms with Gasteiger partial charge >= 0.3 is 0 Å². The standard InChI is InChI=1S/C14H29NS/c1-3-9-15-14(12-16-10-4-2)11-13-7-5-6-8-13/h13-15H,3-12H2,1-2H3. The first-order valence-corrected chi connectivity index (χ1v) is 8.33. The van der Waals surface area contributed by atoms with E-state index in [2.05, 4.69) is 30.9 Å². The Morgan fingerprint density at radius 1 is 1.19 bits per heavy atom. The van der Waals surface area contributed by atoms with E-state index in [4.69, 9.17) is 0 Å². The molecule has 0 spiro atoms. The maximum atomic E-state index is 3.73. The van der Waals surface area contributed by atoms with Crippen LogP contribution in [-0.2, 0) is 0 Å². The first kappa shape index (κ1) is 14.4. The predicted molar refractivity (Wildman–Crippen MR) is 76.3 cm³/mol. The van der Waals surface area contributed by atoms with Crippen molar-refractivity contribution in [2.75, 3.05) is 18.1 Å². The molecule has 0 bridgehead atoms. The van der Waals surface area contributed by atoms with E-state index < -0.39 is 0 Å². The van der Waals surface area contributed by atoms with E-state index in [-0.39, 0.29) is 0 Å². The van der Waals surface area contributed by atoms with E-state index in [1.165, 1.54) is 63.0 Å². The summed E-state index contributed by atoms with van der Waals surface area (Å²) in [5.41, 5.74) is 0. The van der Waals surface area contributed by atoms with Gasteiger partial charge in [0.05, 0.1) is 0 Å². The van der Waals surface area contributed by atoms with E-state index in [9.17, 15) is 0 Å². The van der Waals surface area contributed by atoms with E-state index in [1.54, 1.807) is 0 Å². The minimum absolute atomic E-state index is 0.777. The van der Waals surface area contributed by atoms with Gasteiger partial charge in [-0.05, 0) is 37.5 Å². The normalized spacial score (nSPS) is 19.1. The quantitative estimate of drug-likeness (QED) is 0.612. The summed E-state index contributed by atoms with van der Waals surface area (Å²) in [5, 5.41) is 3.73. The highest BCUT2D eigenvalue weighted by atomic mass is 32.2. The molecular weight excluding hydrogens is 214 g/mol. The third-order valence-corrected chi connectivity index (χ3v) is 4.78. The second-order valence-electron chi connectivity index (χ2n) is 5.11. The van der Waals surface area contributed by atoms with E-state index in [1.807, 2.05) is 0 Å². The van der Waals surface area contributed by atoms with Gasteiger partial charge in [-0.2, -0.15) is 11.8 Å². The van der Waals surface area contributed by atoms with E-state index in [0.29, 0.717) is 0 Å². The highest BCUT2D eigenvalue weighted by molar-refractivity contribution is 7.99. The summed E-state index contributed by atoms with van der Waals surface area (Å²) in [7, 11) is 0. The number of hydrogen-bond acceptors (Lipinski definition) is 2. The maximum Gasteiger partial charge on any atom is 0.0160 e. The molecule has 1 fully saturated rings. The molecule has 1 rings (SSSR count). The first-order chi connectivity index (χ1) is 7.86. The van der Waals surface area contributed by atoms with Crippen LogP contribution in [0.15, 0.2) is 0 Å². The van der Waals surface area contributed by atoms with E-state index in [0.717, 1.165) is 12.0 Å². The number of rotatable bonds is 9. The molecule has 0 aromatic carbocycles. The molecule has 0 aliphatic heterocycles. The molecule has 2 heteroatoms. The second-order valence-corrected chi connectivity index (χ2v) is 6.26. The van der Waals surface area contributed by atoms with Crippen LogP contribution in [-0.4, -0.2) is 24.1 Å². The molecular formula is C14H29NS. The largest absolute Gasteiger partial charge is 0.313 e. The monoisotopic (exact) mass is 243 g/mol. The highest BCUT2D eigenvalue weighted by Gasteiger charge is 2.19. The maximum absolute atomic E-state index is 3.73. The van der Waals surface area contributed by atoms with Gasteiger partial charge in [-0.15, -0.1) is 0 Å². The Balaban J connectivity index is 2.18. The van der Waals surface area contributed by atoms with Crippen LogP contribution in [0.4, 0.5) is 0 Å². The van der Waals surface area contributed by atoms with Gasteiger partial charge in [0.25, 0.3) is 0 Å². The zero-order valence-corrected chi connectivity index (χ0v) is 12.0. The summed E-state index contributed by atoms with van der Waals surface area (Å²) in [6, 6.07) is 0.777. The number of thioether (sulfide) groups is 1. The van der Waals surface area contributed by atoms with Gasteiger partial charge in [0, 0.05) is 11.8 Å². The Bertz CT molecular complexity index is 155. The molecule has 1 atom stereocenters. The average molecular weight is 243 g/mol. The van der Waals surface area contributed by atoms with Crippen LogP contribution >= 0.6 is 11.8 Å². The molecule has 0 radical (unpaired) electrons. The second kappa shape index (κ2) is 9.35. The first-order valence-electron chi connectivity index (χ1n) is 7.18. The van der Waals surface area contributed by atoms with Crippen LogP contribution in [0.5, 0.6) is 0 Å². The topological polar surface area (TPSA) is 12.0 Å². The smallest absolute Gasteiger partial charge is 0.0160 e. The van der Waals surface area contributed by atoms with Crippen LogP contribution in [0.25, 0.3) is 0 Å². The summed E-state index contributed by atoms with van der Waals surface area (Å²) in [5.74, 6) is 3.68. The Kier molecular flexibility index (Phi) is 8.40. The van der Waals surface area contributed by atoms with Crippen LogP contribution in [0.1, 0.15) is 58.8 Å². The lowest BCUT2D eigenvalue weighted by Gasteiger charge is -2.21. The van der Waals surface area contributed by atoms with Crippen molar-refractivity contribution in [2.45, 2.75) is 64.8 Å². The predicted octanol–water partition coefficient (Wildman–Crippen LogP) is 4.08. The summed E-state index contributed by atoms with van der Waals surface area (Å²) < 4.78 is 0. The van der Waals surface area contributed by atoms with Crippen molar-refractivity contribution in [3.63, 3.8) is 0 Å². The molecule has 1 N–H and O–H groups in total. The van der Waals surface area contributed by atoms with Crippen molar-refractivity contribution in [2.24, 2.45) is 5.92 Å². The van der Waals surface area contributed by atoms with Gasteiger partial charge in [0.1, 0.15) is 0 Å². The SMILES string of the molecule is CCCNC(CSCCC)CC1CCCC1. The third-order valence-electron chi connectivity index (χ3n) is 3.44. The molecule has 0 saturated heterocycles. The Labute approximate surface area is 106 Å². The zero-order chi connectivity index (χ0) is 11.6. The van der Waals surface area contributed by atoms with Gasteiger partial charge in [0.15, 0.2) is 0 Å². The van der Waals surface area contributed by atoms with Crippen LogP contribution in [0.3, 0.4) is 0 Å². The molecule has 1 nitrogen and oxygen atoms in total. The molecule has 1 aliphatic rings. The molecule has 0 amide bonds. The molecule has 1 saturated carbocycles. The van der Waals surface area contributed by atoms with Gasteiger partial charge in [0.2, 0.25) is 0 Å². The van der Waals surface area contributed by atoms with Crippen molar-refractivity contribution in [3.05, 3.63) is 0 Å². The summed E-state index contributed by atoms with van der Waals surface area (Å²) in [6.07, 6.45) is 9.94. The van der Waals surface area contributed by atoms with Crippen molar-refractivity contribution < 1.29 is 0 Å². The Morgan fingerprint density at radius 2 is 1.94 bits per heavy atom. The number of hydrogen-bond donors (Lipinski definition) is 1. The summed E-state index contributed by atoms with van der Waals surface area (Å²) >= 11 is 2.13. The molecule has 1 unspecified atom stereocenters. The lowest BCUT2D eigenvalue weighted by molar-refractivity contribution is 0.410. The highest BCUT2D eigenvalue weighted by Crippen LogP contribution is 2.29. The molecule has 0 aromatic rings. The van der Waals surface area contributed by atoms with Crippen LogP contribution < -0.4 is 5.32 Å². The minimum Gasteiger partial charge on any atom is -0.313 e. The van der Waals surface area contributed by atoms with Crippen molar-refractivity contribution in [1.29, 1.82) is 0 Å². The van der Waals surface area contributed by atoms with Gasteiger partial charge < -0.3 is 5.32 Å². The Hall–Kier alpha value is 0.310. The molecule has 96 valence electrons. The van der Waals surface area contributed by atoms with Gasteiger partial charge in [-0.25, -0.2) is 0 Å². The third kappa shape index (κ3) is 6.15. The average Bonchev–Trinajstić information content (AvgIpc) is 2.78. The number of nitrogens with one attached hydrogen (secondary N) is 1. The van der Waals surface area contributed by atoms with Gasteiger partial charge in [-0.1, -0.05) is 39.5 Å². The Morgan fingerprint density at radius 3 is 2.56 bits per heavy atom. The minimum atomic E-state index is 0.777. The van der Waals surface area contributed by atoms with Crippen molar-refractivity contribution in [3.8, 4) is 0 Å². The fraction of sp³-hybridized carbons (Fsp3) is 1.00. The lowest BCUT2D eigenvalue weighted by Crippen LogP contribution is -2.33. The molecule has 1 aliphatic carbocycles.